The van der Waals surface area contributed by atoms with Crippen molar-refractivity contribution in [3.05, 3.63) is 45.0 Å². The van der Waals surface area contributed by atoms with Gasteiger partial charge in [-0.1, -0.05) is 6.07 Å². The van der Waals surface area contributed by atoms with Gasteiger partial charge in [-0.25, -0.2) is 4.98 Å². The summed E-state index contributed by atoms with van der Waals surface area (Å²) in [5.74, 6) is 1.33. The number of nitriles is 1. The van der Waals surface area contributed by atoms with E-state index in [0.29, 0.717) is 17.2 Å². The van der Waals surface area contributed by atoms with E-state index >= 15 is 0 Å². The second kappa shape index (κ2) is 5.42. The Hall–Kier alpha value is -3.27. The molecule has 0 aliphatic rings. The van der Waals surface area contributed by atoms with Crippen LogP contribution in [0.4, 0.5) is 5.82 Å². The van der Waals surface area contributed by atoms with Gasteiger partial charge in [0.1, 0.15) is 34.4 Å². The number of nitrogens with two attached hydrogens (primary N) is 1. The predicted molar refractivity (Wildman–Crippen MR) is 91.6 cm³/mol. The number of aromatic nitrogens is 3. The van der Waals surface area contributed by atoms with Crippen LogP contribution >= 0.6 is 0 Å². The van der Waals surface area contributed by atoms with Gasteiger partial charge in [0.15, 0.2) is 5.65 Å². The number of ether oxygens (including phenoxy) is 1. The molecule has 2 heterocycles. The number of aryl methyl sites for hydroxylation is 2. The lowest BCUT2D eigenvalue weighted by molar-refractivity contribution is 0.411. The van der Waals surface area contributed by atoms with Gasteiger partial charge >= 0.3 is 0 Å². The number of aromatic amines is 1. The molecule has 2 aromatic heterocycles. The van der Waals surface area contributed by atoms with E-state index in [4.69, 9.17) is 10.5 Å². The van der Waals surface area contributed by atoms with Crippen LogP contribution in [0.1, 0.15) is 22.5 Å². The molecule has 122 valence electrons. The average Bonchev–Trinajstić information content (AvgIpc) is 2.80. The topological polar surface area (TPSA) is 110 Å². The number of rotatable bonds is 2. The number of nitrogens with zero attached hydrogens (tertiary/aromatic N) is 3. The summed E-state index contributed by atoms with van der Waals surface area (Å²) in [5.41, 5.74) is 8.87. The van der Waals surface area contributed by atoms with Gasteiger partial charge in [0.25, 0.3) is 5.56 Å². The number of nitrogen functional groups attached to an aromatic ring is 1. The van der Waals surface area contributed by atoms with Crippen molar-refractivity contribution in [3.63, 3.8) is 0 Å². The number of H-pyrrole nitrogens is 1. The summed E-state index contributed by atoms with van der Waals surface area (Å²) >= 11 is 0. The standard InChI is InChI=1S/C17H17N5O2/c1-8-5-6-12(24-4)9(2)14(8)22-15(19)11(7-18)13-16(22)20-10(3)21-17(13)23/h5-6H,19H2,1-4H3,(H,20,21,23). The summed E-state index contributed by atoms with van der Waals surface area (Å²) in [5, 5.41) is 9.66. The highest BCUT2D eigenvalue weighted by molar-refractivity contribution is 5.91. The maximum absolute atomic E-state index is 12.3. The number of benzene rings is 1. The first kappa shape index (κ1) is 15.6. The molecule has 7 heteroatoms. The molecule has 0 aliphatic carbocycles. The molecule has 3 N–H and O–H groups in total. The number of hydrogen-bond acceptors (Lipinski definition) is 5. The largest absolute Gasteiger partial charge is 0.496 e. The highest BCUT2D eigenvalue weighted by Crippen LogP contribution is 2.34. The van der Waals surface area contributed by atoms with Crippen LogP contribution in [0, 0.1) is 32.1 Å². The van der Waals surface area contributed by atoms with Crippen molar-refractivity contribution >= 4 is 16.9 Å². The first-order valence-electron chi connectivity index (χ1n) is 7.36. The maximum atomic E-state index is 12.3. The third-order valence-corrected chi connectivity index (χ3v) is 4.12. The third-order valence-electron chi connectivity index (χ3n) is 4.12. The second-order valence-corrected chi connectivity index (χ2v) is 5.62. The molecule has 24 heavy (non-hydrogen) atoms. The Morgan fingerprint density at radius 2 is 2.04 bits per heavy atom. The fourth-order valence-electron chi connectivity index (χ4n) is 3.03. The summed E-state index contributed by atoms with van der Waals surface area (Å²) in [6.07, 6.45) is 0. The van der Waals surface area contributed by atoms with Crippen LogP contribution in [0.25, 0.3) is 16.7 Å². The van der Waals surface area contributed by atoms with Gasteiger partial charge < -0.3 is 15.5 Å². The fourth-order valence-corrected chi connectivity index (χ4v) is 3.03. The van der Waals surface area contributed by atoms with Crippen molar-refractivity contribution in [2.24, 2.45) is 0 Å². The van der Waals surface area contributed by atoms with E-state index in [-0.39, 0.29) is 22.3 Å². The SMILES string of the molecule is COc1ccc(C)c(-n2c(N)c(C#N)c3c(=O)[nH]c(C)nc32)c1C. The molecular weight excluding hydrogens is 306 g/mol. The molecule has 7 nitrogen and oxygen atoms in total. The van der Waals surface area contributed by atoms with Crippen molar-refractivity contribution < 1.29 is 4.74 Å². The van der Waals surface area contributed by atoms with Gasteiger partial charge in [-0.15, -0.1) is 0 Å². The van der Waals surface area contributed by atoms with Crippen molar-refractivity contribution in [1.82, 2.24) is 14.5 Å². The van der Waals surface area contributed by atoms with Crippen LogP contribution in [-0.4, -0.2) is 21.6 Å². The summed E-state index contributed by atoms with van der Waals surface area (Å²) in [4.78, 5) is 19.4. The van der Waals surface area contributed by atoms with Gasteiger partial charge in [0.05, 0.1) is 12.8 Å². The van der Waals surface area contributed by atoms with E-state index in [1.807, 2.05) is 32.0 Å². The van der Waals surface area contributed by atoms with Gasteiger partial charge in [-0.05, 0) is 32.4 Å². The van der Waals surface area contributed by atoms with E-state index in [0.717, 1.165) is 16.8 Å². The Morgan fingerprint density at radius 3 is 2.67 bits per heavy atom. The molecule has 0 bridgehead atoms. The lowest BCUT2D eigenvalue weighted by Crippen LogP contribution is -2.11. The molecule has 0 aliphatic heterocycles. The Balaban J connectivity index is 2.56. The zero-order valence-electron chi connectivity index (χ0n) is 13.9. The smallest absolute Gasteiger partial charge is 0.261 e. The zero-order chi connectivity index (χ0) is 17.6. The van der Waals surface area contributed by atoms with E-state index < -0.39 is 0 Å². The molecule has 0 spiro atoms. The molecule has 0 amide bonds. The summed E-state index contributed by atoms with van der Waals surface area (Å²) in [7, 11) is 1.59. The van der Waals surface area contributed by atoms with Crippen molar-refractivity contribution in [3.8, 4) is 17.5 Å². The Kier molecular flexibility index (Phi) is 3.53. The van der Waals surface area contributed by atoms with Crippen LogP contribution in [0.5, 0.6) is 5.75 Å². The molecule has 1 aromatic carbocycles. The minimum Gasteiger partial charge on any atom is -0.496 e. The van der Waals surface area contributed by atoms with Gasteiger partial charge in [-0.2, -0.15) is 5.26 Å². The maximum Gasteiger partial charge on any atom is 0.261 e. The molecule has 3 rings (SSSR count). The first-order valence-corrected chi connectivity index (χ1v) is 7.36. The molecule has 0 fully saturated rings. The molecule has 0 unspecified atom stereocenters. The molecular formula is C17H17N5O2. The van der Waals surface area contributed by atoms with Crippen molar-refractivity contribution in [2.75, 3.05) is 12.8 Å². The average molecular weight is 323 g/mol. The van der Waals surface area contributed by atoms with Crippen molar-refractivity contribution in [1.29, 1.82) is 5.26 Å². The Bertz CT molecular complexity index is 1070. The van der Waals surface area contributed by atoms with E-state index in [1.54, 1.807) is 18.6 Å². The summed E-state index contributed by atoms with van der Waals surface area (Å²) < 4.78 is 7.04. The minimum absolute atomic E-state index is 0.125. The third kappa shape index (κ3) is 2.04. The number of nitrogens with one attached hydrogen (secondary N) is 1. The van der Waals surface area contributed by atoms with Gasteiger partial charge in [-0.3, -0.25) is 9.36 Å². The Labute approximate surface area is 138 Å². The summed E-state index contributed by atoms with van der Waals surface area (Å²) in [6.45, 7) is 5.52. The van der Waals surface area contributed by atoms with Gasteiger partial charge in [0, 0.05) is 5.56 Å². The molecule has 0 atom stereocenters. The molecule has 0 saturated carbocycles. The molecule has 0 radical (unpaired) electrons. The highest BCUT2D eigenvalue weighted by Gasteiger charge is 2.23. The zero-order valence-corrected chi connectivity index (χ0v) is 13.9. The van der Waals surface area contributed by atoms with E-state index in [2.05, 4.69) is 9.97 Å². The highest BCUT2D eigenvalue weighted by atomic mass is 16.5. The predicted octanol–water partition coefficient (Wildman–Crippen LogP) is 2.10. The van der Waals surface area contributed by atoms with Crippen LogP contribution in [-0.2, 0) is 0 Å². The molecule has 0 saturated heterocycles. The lowest BCUT2D eigenvalue weighted by Gasteiger charge is -2.16. The molecule has 3 aromatic rings. The second-order valence-electron chi connectivity index (χ2n) is 5.62. The quantitative estimate of drug-likeness (QED) is 0.750. The van der Waals surface area contributed by atoms with E-state index in [1.165, 1.54) is 0 Å². The first-order chi connectivity index (χ1) is 11.4. The van der Waals surface area contributed by atoms with Crippen LogP contribution < -0.4 is 16.0 Å². The Morgan fingerprint density at radius 1 is 1.33 bits per heavy atom. The summed E-state index contributed by atoms with van der Waals surface area (Å²) in [6, 6.07) is 5.79. The van der Waals surface area contributed by atoms with Crippen molar-refractivity contribution in [2.45, 2.75) is 20.8 Å². The minimum atomic E-state index is -0.377. The fraction of sp³-hybridized carbons (Fsp3) is 0.235. The van der Waals surface area contributed by atoms with Crippen LogP contribution in [0.3, 0.4) is 0 Å². The van der Waals surface area contributed by atoms with Crippen LogP contribution in [0.15, 0.2) is 16.9 Å². The monoisotopic (exact) mass is 323 g/mol. The van der Waals surface area contributed by atoms with E-state index in [9.17, 15) is 10.1 Å². The lowest BCUT2D eigenvalue weighted by atomic mass is 10.1. The number of hydrogen-bond donors (Lipinski definition) is 2. The number of methoxy groups -OCH3 is 1. The number of fused-ring (bicyclic) bond motifs is 1. The van der Waals surface area contributed by atoms with Gasteiger partial charge in [0.2, 0.25) is 0 Å². The van der Waals surface area contributed by atoms with Crippen LogP contribution in [0.2, 0.25) is 0 Å². The number of anilines is 1. The normalized spacial score (nSPS) is 10.8.